The highest BCUT2D eigenvalue weighted by molar-refractivity contribution is 6.30. The average Bonchev–Trinajstić information content (AvgIpc) is 3.28. The Kier molecular flexibility index (Phi) is 26.8. The van der Waals surface area contributed by atoms with E-state index in [9.17, 15) is 38.7 Å². The van der Waals surface area contributed by atoms with Gasteiger partial charge in [-0.15, -0.1) is 0 Å². The molecule has 2 aromatic rings. The number of rotatable bonds is 33. The monoisotopic (exact) mass is 985 g/mol. The molecule has 0 radical (unpaired) electrons. The Bertz CT molecular complexity index is 2010. The molecule has 0 bridgehead atoms. The van der Waals surface area contributed by atoms with Gasteiger partial charge in [-0.05, 0) is 92.7 Å². The third-order valence-electron chi connectivity index (χ3n) is 10.9. The van der Waals surface area contributed by atoms with Crippen molar-refractivity contribution in [2.75, 3.05) is 26.7 Å². The molecule has 0 heterocycles. The Hall–Kier alpha value is -6.48. The molecule has 22 heteroatoms. The van der Waals surface area contributed by atoms with Gasteiger partial charge in [-0.1, -0.05) is 69.0 Å². The second kappa shape index (κ2) is 31.5. The van der Waals surface area contributed by atoms with Gasteiger partial charge < -0.3 is 64.2 Å². The molecular weight excluding hydrogens is 912 g/mol. The van der Waals surface area contributed by atoms with E-state index in [1.54, 1.807) is 36.4 Å². The summed E-state index contributed by atoms with van der Waals surface area (Å²) in [5.74, 6) is -5.07. The second-order valence-electron chi connectivity index (χ2n) is 17.5. The smallest absolute Gasteiger partial charge is 0.303 e. The first-order valence-corrected chi connectivity index (χ1v) is 23.7. The number of hydrogen-bond acceptors (Lipinski definition) is 11. The van der Waals surface area contributed by atoms with Gasteiger partial charge in [0.2, 0.25) is 29.5 Å². The van der Waals surface area contributed by atoms with E-state index >= 15 is 0 Å². The molecule has 69 heavy (non-hydrogen) atoms. The highest BCUT2D eigenvalue weighted by atomic mass is 35.5. The average molecular weight is 986 g/mol. The fourth-order valence-electron chi connectivity index (χ4n) is 7.30. The van der Waals surface area contributed by atoms with Crippen LogP contribution in [0.15, 0.2) is 48.5 Å². The van der Waals surface area contributed by atoms with Gasteiger partial charge in [0.1, 0.15) is 23.9 Å². The van der Waals surface area contributed by atoms with Crippen molar-refractivity contribution in [2.45, 2.75) is 134 Å². The van der Waals surface area contributed by atoms with Crippen molar-refractivity contribution in [2.24, 2.45) is 23.1 Å². The number of halogens is 1. The van der Waals surface area contributed by atoms with Gasteiger partial charge in [-0.3, -0.25) is 44.4 Å². The number of likely N-dealkylation sites (N-methyl/N-ethyl adjacent to an activating group) is 1. The zero-order valence-electron chi connectivity index (χ0n) is 39.9. The molecule has 16 N–H and O–H groups in total. The van der Waals surface area contributed by atoms with Crippen LogP contribution in [0.1, 0.15) is 102 Å². The lowest BCUT2D eigenvalue weighted by Crippen LogP contribution is -2.58. The van der Waals surface area contributed by atoms with Crippen LogP contribution < -0.4 is 49.1 Å². The number of nitrogens with zero attached hydrogens (tertiary/aromatic N) is 1. The molecule has 382 valence electrons. The number of amides is 5. The molecule has 0 unspecified atom stereocenters. The first-order valence-electron chi connectivity index (χ1n) is 23.3. The molecule has 0 aliphatic rings. The second-order valence-corrected chi connectivity index (χ2v) is 18.0. The van der Waals surface area contributed by atoms with E-state index in [-0.39, 0.29) is 93.8 Å². The van der Waals surface area contributed by atoms with Crippen LogP contribution in [-0.2, 0) is 46.4 Å². The summed E-state index contributed by atoms with van der Waals surface area (Å²) in [6.07, 6.45) is 4.48. The number of nitrogens with one attached hydrogen (secondary N) is 8. The number of aliphatic carboxylic acids is 1. The van der Waals surface area contributed by atoms with E-state index in [0.29, 0.717) is 48.3 Å². The summed E-state index contributed by atoms with van der Waals surface area (Å²) in [7, 11) is 1.40. The van der Waals surface area contributed by atoms with Crippen molar-refractivity contribution in [3.63, 3.8) is 0 Å². The van der Waals surface area contributed by atoms with Crippen LogP contribution in [0.3, 0.4) is 0 Å². The van der Waals surface area contributed by atoms with Gasteiger partial charge >= 0.3 is 5.97 Å². The summed E-state index contributed by atoms with van der Waals surface area (Å²) in [6.45, 7) is 3.66. The summed E-state index contributed by atoms with van der Waals surface area (Å²) < 4.78 is 0. The van der Waals surface area contributed by atoms with E-state index in [2.05, 4.69) is 31.9 Å². The van der Waals surface area contributed by atoms with Gasteiger partial charge in [-0.2, -0.15) is 0 Å². The zero-order valence-corrected chi connectivity index (χ0v) is 40.7. The Balaban J connectivity index is 2.31. The highest BCUT2D eigenvalue weighted by Crippen LogP contribution is 2.15. The molecule has 0 aliphatic carbocycles. The van der Waals surface area contributed by atoms with E-state index in [4.69, 9.17) is 44.7 Å². The van der Waals surface area contributed by atoms with Crippen molar-refractivity contribution in [3.05, 3.63) is 64.7 Å². The van der Waals surface area contributed by atoms with Crippen LogP contribution in [-0.4, -0.2) is 125 Å². The van der Waals surface area contributed by atoms with Gasteiger partial charge in [0.25, 0.3) is 0 Å². The molecule has 2 aromatic carbocycles. The first-order chi connectivity index (χ1) is 32.6. The maximum absolute atomic E-state index is 14.2. The lowest BCUT2D eigenvalue weighted by Gasteiger charge is -2.28. The van der Waals surface area contributed by atoms with Gasteiger partial charge in [0.05, 0.1) is 18.6 Å². The predicted molar refractivity (Wildman–Crippen MR) is 263 cm³/mol. The third kappa shape index (κ3) is 24.9. The lowest BCUT2D eigenvalue weighted by molar-refractivity contribution is -0.137. The molecule has 0 spiro atoms. The van der Waals surface area contributed by atoms with Gasteiger partial charge in [0, 0.05) is 44.4 Å². The SMILES string of the molecule is CC(C)C[C@H](NC(=O)[C@H](Cc1ccc(Cl)cc1)NC(=O)CN(C)C(=O)[C@@H](N)Cc1ccc(O)cc1)C(=O)N[C@@H](CCCNC(=N)N)C(=O)N[C@H](CCCNC(=N)N)C(=O)CCCCCCCC(=O)O. The number of hydrogen-bond donors (Lipinski definition) is 13. The number of unbranched alkanes of at least 4 members (excludes halogenated alkanes) is 4. The van der Waals surface area contributed by atoms with Gasteiger partial charge in [-0.25, -0.2) is 0 Å². The van der Waals surface area contributed by atoms with Gasteiger partial charge in [0.15, 0.2) is 17.7 Å². The molecule has 0 fully saturated rings. The summed E-state index contributed by atoms with van der Waals surface area (Å²) in [4.78, 5) is 94.8. The van der Waals surface area contributed by atoms with E-state index in [1.165, 1.54) is 19.2 Å². The maximum Gasteiger partial charge on any atom is 0.303 e. The van der Waals surface area contributed by atoms with Crippen LogP contribution in [0.2, 0.25) is 5.02 Å². The predicted octanol–water partition coefficient (Wildman–Crippen LogP) is 1.51. The van der Waals surface area contributed by atoms with Crippen LogP contribution in [0.25, 0.3) is 0 Å². The van der Waals surface area contributed by atoms with Crippen LogP contribution in [0.5, 0.6) is 5.75 Å². The minimum atomic E-state index is -1.25. The molecule has 0 saturated heterocycles. The molecule has 5 atom stereocenters. The Labute approximate surface area is 409 Å². The van der Waals surface area contributed by atoms with Crippen molar-refractivity contribution in [3.8, 4) is 5.75 Å². The number of ketones is 1. The minimum absolute atomic E-state index is 0.0287. The fraction of sp³-hybridized carbons (Fsp3) is 0.553. The van der Waals surface area contributed by atoms with E-state index < -0.39 is 72.3 Å². The Morgan fingerprint density at radius 3 is 1.70 bits per heavy atom. The number of carbonyl (C=O) groups excluding carboxylic acids is 6. The molecule has 0 saturated carbocycles. The Morgan fingerprint density at radius 1 is 0.652 bits per heavy atom. The normalized spacial score (nSPS) is 13.1. The van der Waals surface area contributed by atoms with Crippen LogP contribution >= 0.6 is 11.6 Å². The van der Waals surface area contributed by atoms with E-state index in [1.807, 2.05) is 13.8 Å². The standard InChI is InChI=1S/C47H73ClN12O9/c1-29(2)25-37(59-44(68)38(27-31-15-19-32(48)20-16-31)56-40(63)28-60(3)45(69)34(49)26-30-17-21-33(61)22-18-30)43(67)58-36(12-10-24-55-47(52)53)42(66)57-35(11-9-23-54-46(50)51)39(62)13-7-5-4-6-8-14-41(64)65/h15-22,29,34-38,61H,4-14,23-28,49H2,1-3H3,(H,56,63)(H,57,66)(H,58,67)(H,59,68)(H,64,65)(H4,50,51,54)(H4,52,53,55)/t34-,35+,36-,37-,38-/m0/s1. The molecule has 0 aliphatic heterocycles. The van der Waals surface area contributed by atoms with E-state index in [0.717, 1.165) is 11.3 Å². The van der Waals surface area contributed by atoms with Crippen molar-refractivity contribution in [1.82, 2.24) is 36.8 Å². The maximum atomic E-state index is 14.2. The summed E-state index contributed by atoms with van der Waals surface area (Å²) in [5, 5.41) is 50.3. The summed E-state index contributed by atoms with van der Waals surface area (Å²) in [5.41, 5.74) is 18.4. The quantitative estimate of drug-likeness (QED) is 0.0274. The number of phenolic OH excluding ortho intramolecular Hbond substituents is 1. The number of guanidine groups is 2. The van der Waals surface area contributed by atoms with Crippen LogP contribution in [0.4, 0.5) is 0 Å². The highest BCUT2D eigenvalue weighted by Gasteiger charge is 2.32. The van der Waals surface area contributed by atoms with Crippen molar-refractivity contribution >= 4 is 64.8 Å². The minimum Gasteiger partial charge on any atom is -0.508 e. The number of aromatic hydroxyl groups is 1. The molecule has 0 aromatic heterocycles. The number of nitrogens with two attached hydrogens (primary N) is 3. The molecular formula is C47H73ClN12O9. The Morgan fingerprint density at radius 2 is 1.13 bits per heavy atom. The largest absolute Gasteiger partial charge is 0.508 e. The third-order valence-corrected chi connectivity index (χ3v) is 11.2. The fourth-order valence-corrected chi connectivity index (χ4v) is 7.42. The lowest BCUT2D eigenvalue weighted by atomic mass is 9.99. The van der Waals surface area contributed by atoms with Crippen LogP contribution in [0, 0.1) is 16.7 Å². The first kappa shape index (κ1) is 58.6. The molecule has 2 rings (SSSR count). The number of benzene rings is 2. The number of carboxylic acid groups (broad SMARTS) is 1. The summed E-state index contributed by atoms with van der Waals surface area (Å²) >= 11 is 6.12. The molecule has 5 amide bonds. The number of carbonyl (C=O) groups is 7. The van der Waals surface area contributed by atoms with Crippen molar-refractivity contribution < 1.29 is 43.8 Å². The zero-order chi connectivity index (χ0) is 51.5. The number of Topliss-reactive ketones (excluding diaryl/α,β-unsaturated/α-hetero) is 1. The van der Waals surface area contributed by atoms with Crippen molar-refractivity contribution in [1.29, 1.82) is 10.8 Å². The topological polar surface area (TPSA) is 361 Å². The molecule has 21 nitrogen and oxygen atoms in total. The number of phenols is 1. The summed E-state index contributed by atoms with van der Waals surface area (Å²) in [6, 6.07) is 7.17. The number of carboxylic acids is 1.